The Morgan fingerprint density at radius 1 is 1.14 bits per heavy atom. The van der Waals surface area contributed by atoms with Gasteiger partial charge in [-0.15, -0.1) is 23.7 Å². The second-order valence-electron chi connectivity index (χ2n) is 5.01. The molecule has 1 aromatic carbocycles. The van der Waals surface area contributed by atoms with Gasteiger partial charge in [-0.2, -0.15) is 5.10 Å². The van der Waals surface area contributed by atoms with E-state index in [1.165, 1.54) is 36.3 Å². The number of benzene rings is 1. The number of halogens is 3. The van der Waals surface area contributed by atoms with Crippen molar-refractivity contribution in [1.82, 2.24) is 4.98 Å². The highest BCUT2D eigenvalue weighted by atomic mass is 35.5. The zero-order chi connectivity index (χ0) is 14.7. The lowest BCUT2D eigenvalue weighted by molar-refractivity contribution is 0.665. The van der Waals surface area contributed by atoms with Crippen LogP contribution in [0.15, 0.2) is 28.7 Å². The average Bonchev–Trinajstić information content (AvgIpc) is 2.95. The second kappa shape index (κ2) is 8.16. The summed E-state index contributed by atoms with van der Waals surface area (Å²) in [5.74, 6) is 0. The summed E-state index contributed by atoms with van der Waals surface area (Å²) in [5.41, 5.74) is 6.03. The summed E-state index contributed by atoms with van der Waals surface area (Å²) >= 11 is 13.6. The normalized spacial score (nSPS) is 14.4. The first kappa shape index (κ1) is 17.5. The summed E-state index contributed by atoms with van der Waals surface area (Å²) in [4.78, 5) is 4.53. The van der Waals surface area contributed by atoms with Crippen molar-refractivity contribution in [1.29, 1.82) is 0 Å². The predicted octanol–water partition coefficient (Wildman–Crippen LogP) is 6.27. The Hall–Kier alpha value is -0.810. The molecule has 118 valence electrons. The minimum atomic E-state index is 0. The number of aromatic nitrogens is 1. The van der Waals surface area contributed by atoms with Crippen molar-refractivity contribution in [3.05, 3.63) is 33.6 Å². The van der Waals surface area contributed by atoms with Gasteiger partial charge in [0.25, 0.3) is 0 Å². The molecule has 2 aromatic rings. The van der Waals surface area contributed by atoms with E-state index in [2.05, 4.69) is 15.5 Å². The van der Waals surface area contributed by atoms with Crippen LogP contribution >= 0.6 is 46.9 Å². The predicted molar refractivity (Wildman–Crippen MR) is 99.0 cm³/mol. The van der Waals surface area contributed by atoms with Gasteiger partial charge in [0, 0.05) is 21.7 Å². The Labute approximate surface area is 150 Å². The summed E-state index contributed by atoms with van der Waals surface area (Å²) in [6, 6.07) is 5.43. The molecule has 1 saturated carbocycles. The van der Waals surface area contributed by atoms with Crippen molar-refractivity contribution in [2.45, 2.75) is 32.1 Å². The van der Waals surface area contributed by atoms with Gasteiger partial charge in [-0.05, 0) is 43.9 Å². The summed E-state index contributed by atoms with van der Waals surface area (Å²) in [6.07, 6.45) is 5.98. The maximum absolute atomic E-state index is 6.20. The third-order valence-corrected chi connectivity index (χ3v) is 4.75. The second-order valence-corrected chi connectivity index (χ2v) is 6.71. The minimum absolute atomic E-state index is 0. The van der Waals surface area contributed by atoms with E-state index in [-0.39, 0.29) is 12.4 Å². The Balaban J connectivity index is 0.00000176. The van der Waals surface area contributed by atoms with Crippen LogP contribution in [0.5, 0.6) is 0 Å². The van der Waals surface area contributed by atoms with Crippen LogP contribution in [0.1, 0.15) is 32.1 Å². The molecule has 1 heterocycles. The first-order chi connectivity index (χ1) is 10.2. The van der Waals surface area contributed by atoms with Crippen LogP contribution in [0, 0.1) is 0 Å². The van der Waals surface area contributed by atoms with Crippen molar-refractivity contribution >= 4 is 57.8 Å². The molecular weight excluding hydrogens is 361 g/mol. The Morgan fingerprint density at radius 2 is 1.91 bits per heavy atom. The van der Waals surface area contributed by atoms with Gasteiger partial charge in [-0.1, -0.05) is 29.6 Å². The van der Waals surface area contributed by atoms with Gasteiger partial charge < -0.3 is 0 Å². The lowest BCUT2D eigenvalue weighted by Gasteiger charge is -2.11. The number of hydrogen-bond donors (Lipinski definition) is 1. The van der Waals surface area contributed by atoms with Gasteiger partial charge in [-0.3, -0.25) is 5.43 Å². The maximum atomic E-state index is 6.20. The zero-order valence-electron chi connectivity index (χ0n) is 11.8. The molecule has 1 N–H and O–H groups in total. The number of hydrazone groups is 1. The molecule has 1 aliphatic rings. The summed E-state index contributed by atoms with van der Waals surface area (Å²) in [6.45, 7) is 0. The third kappa shape index (κ3) is 4.35. The minimum Gasteiger partial charge on any atom is -0.253 e. The molecule has 3 nitrogen and oxygen atoms in total. The van der Waals surface area contributed by atoms with E-state index in [4.69, 9.17) is 23.2 Å². The van der Waals surface area contributed by atoms with E-state index >= 15 is 0 Å². The Bertz CT molecular complexity index is 662. The molecular formula is C15H16Cl3N3S. The van der Waals surface area contributed by atoms with Crippen molar-refractivity contribution in [3.63, 3.8) is 0 Å². The van der Waals surface area contributed by atoms with Gasteiger partial charge in [0.2, 0.25) is 5.13 Å². The fourth-order valence-electron chi connectivity index (χ4n) is 2.34. The van der Waals surface area contributed by atoms with Gasteiger partial charge in [0.1, 0.15) is 0 Å². The largest absolute Gasteiger partial charge is 0.253 e. The maximum Gasteiger partial charge on any atom is 0.203 e. The van der Waals surface area contributed by atoms with Crippen LogP contribution in [0.25, 0.3) is 11.3 Å². The van der Waals surface area contributed by atoms with E-state index in [0.29, 0.717) is 10.0 Å². The van der Waals surface area contributed by atoms with E-state index in [1.807, 2.05) is 17.5 Å². The molecule has 0 saturated heterocycles. The van der Waals surface area contributed by atoms with Gasteiger partial charge >= 0.3 is 0 Å². The average molecular weight is 377 g/mol. The van der Waals surface area contributed by atoms with Crippen LogP contribution in [0.4, 0.5) is 5.13 Å². The first-order valence-electron chi connectivity index (χ1n) is 6.95. The highest BCUT2D eigenvalue weighted by Crippen LogP contribution is 2.32. The fraction of sp³-hybridized carbons (Fsp3) is 0.333. The number of rotatable bonds is 3. The fourth-order valence-corrected chi connectivity index (χ4v) is 3.50. The van der Waals surface area contributed by atoms with Crippen molar-refractivity contribution in [2.75, 3.05) is 5.43 Å². The van der Waals surface area contributed by atoms with E-state index in [1.54, 1.807) is 6.07 Å². The summed E-state index contributed by atoms with van der Waals surface area (Å²) in [5, 5.41) is 8.45. The molecule has 1 aliphatic carbocycles. The Morgan fingerprint density at radius 3 is 2.64 bits per heavy atom. The number of thiazole rings is 1. The zero-order valence-corrected chi connectivity index (χ0v) is 15.0. The molecule has 0 amide bonds. The molecule has 7 heteroatoms. The molecule has 0 spiro atoms. The van der Waals surface area contributed by atoms with Crippen molar-refractivity contribution < 1.29 is 0 Å². The highest BCUT2D eigenvalue weighted by molar-refractivity contribution is 7.14. The van der Waals surface area contributed by atoms with Crippen molar-refractivity contribution in [3.8, 4) is 11.3 Å². The van der Waals surface area contributed by atoms with Gasteiger partial charge in [0.15, 0.2) is 0 Å². The molecule has 0 aliphatic heterocycles. The molecule has 0 atom stereocenters. The lowest BCUT2D eigenvalue weighted by atomic mass is 9.99. The smallest absolute Gasteiger partial charge is 0.203 e. The molecule has 0 unspecified atom stereocenters. The van der Waals surface area contributed by atoms with Gasteiger partial charge in [-0.25, -0.2) is 4.98 Å². The molecule has 0 radical (unpaired) electrons. The van der Waals surface area contributed by atoms with Crippen LogP contribution in [0.3, 0.4) is 0 Å². The topological polar surface area (TPSA) is 37.3 Å². The van der Waals surface area contributed by atoms with E-state index in [9.17, 15) is 0 Å². The number of hydrogen-bond acceptors (Lipinski definition) is 4. The summed E-state index contributed by atoms with van der Waals surface area (Å²) in [7, 11) is 0. The molecule has 1 aromatic heterocycles. The van der Waals surface area contributed by atoms with Crippen LogP contribution in [-0.4, -0.2) is 10.7 Å². The first-order valence-corrected chi connectivity index (χ1v) is 8.58. The van der Waals surface area contributed by atoms with Crippen LogP contribution < -0.4 is 5.43 Å². The lowest BCUT2D eigenvalue weighted by Crippen LogP contribution is -2.07. The number of anilines is 1. The molecule has 22 heavy (non-hydrogen) atoms. The summed E-state index contributed by atoms with van der Waals surface area (Å²) < 4.78 is 0. The monoisotopic (exact) mass is 375 g/mol. The van der Waals surface area contributed by atoms with E-state index < -0.39 is 0 Å². The van der Waals surface area contributed by atoms with E-state index in [0.717, 1.165) is 29.2 Å². The Kier molecular flexibility index (Phi) is 6.50. The molecule has 1 fully saturated rings. The molecule has 3 rings (SSSR count). The third-order valence-electron chi connectivity index (χ3n) is 3.45. The standard InChI is InChI=1S/C15H15Cl2N3S.ClH/c16-10-6-7-12(13(17)8-10)14-9-21-15(18-14)20-19-11-4-2-1-3-5-11;/h6-9H,1-5H2,(H,18,20);1H. The number of nitrogens with zero attached hydrogens (tertiary/aromatic N) is 2. The SMILES string of the molecule is Cl.Clc1ccc(-c2csc(NN=C3CCCCC3)n2)c(Cl)c1. The van der Waals surface area contributed by atoms with Crippen LogP contribution in [-0.2, 0) is 0 Å². The van der Waals surface area contributed by atoms with Crippen molar-refractivity contribution in [2.24, 2.45) is 5.10 Å². The number of nitrogens with one attached hydrogen (secondary N) is 1. The van der Waals surface area contributed by atoms with Gasteiger partial charge in [0.05, 0.1) is 10.7 Å². The molecule has 0 bridgehead atoms. The highest BCUT2D eigenvalue weighted by Gasteiger charge is 2.10. The van der Waals surface area contributed by atoms with Crippen LogP contribution in [0.2, 0.25) is 10.0 Å². The quantitative estimate of drug-likeness (QED) is 0.641.